The zero-order valence-corrected chi connectivity index (χ0v) is 13.7. The van der Waals surface area contributed by atoms with E-state index in [-0.39, 0.29) is 17.4 Å². The highest BCUT2D eigenvalue weighted by Crippen LogP contribution is 2.30. The number of hydrogen-bond donors (Lipinski definition) is 2. The van der Waals surface area contributed by atoms with Crippen LogP contribution in [0, 0.1) is 5.41 Å². The summed E-state index contributed by atoms with van der Waals surface area (Å²) in [6.45, 7) is 10.3. The largest absolute Gasteiger partial charge is 0.349 e. The van der Waals surface area contributed by atoms with Crippen molar-refractivity contribution in [3.63, 3.8) is 0 Å². The number of amides is 1. The Bertz CT molecular complexity index is 472. The van der Waals surface area contributed by atoms with Crippen molar-refractivity contribution in [1.29, 1.82) is 0 Å². The van der Waals surface area contributed by atoms with Gasteiger partial charge < -0.3 is 10.6 Å². The van der Waals surface area contributed by atoms with Gasteiger partial charge in [-0.1, -0.05) is 45.0 Å². The van der Waals surface area contributed by atoms with Crippen molar-refractivity contribution in [3.8, 4) is 0 Å². The highest BCUT2D eigenvalue weighted by atomic mass is 16.2. The Labute approximate surface area is 128 Å². The second-order valence-electron chi connectivity index (χ2n) is 6.58. The molecule has 0 saturated carbocycles. The highest BCUT2D eigenvalue weighted by molar-refractivity contribution is 5.83. The number of nitrogens with one attached hydrogen (secondary N) is 2. The summed E-state index contributed by atoms with van der Waals surface area (Å²) in [6.07, 6.45) is 1.83. The smallest absolute Gasteiger partial charge is 0.228 e. The number of carbonyl (C=O) groups is 1. The lowest BCUT2D eigenvalue weighted by Gasteiger charge is -2.27. The molecule has 0 bridgehead atoms. The maximum absolute atomic E-state index is 12.6. The van der Waals surface area contributed by atoms with Gasteiger partial charge in [-0.05, 0) is 43.4 Å². The lowest BCUT2D eigenvalue weighted by atomic mass is 9.83. The molecule has 3 heteroatoms. The summed E-state index contributed by atoms with van der Waals surface area (Å²) in [5.41, 5.74) is 2.29. The minimum absolute atomic E-state index is 0.0581. The Morgan fingerprint density at radius 2 is 1.86 bits per heavy atom. The van der Waals surface area contributed by atoms with E-state index in [0.29, 0.717) is 5.92 Å². The van der Waals surface area contributed by atoms with Crippen LogP contribution in [0.25, 0.3) is 0 Å². The summed E-state index contributed by atoms with van der Waals surface area (Å²) in [5, 5.41) is 6.52. The minimum atomic E-state index is -0.216. The highest BCUT2D eigenvalue weighted by Gasteiger charge is 2.39. The molecule has 2 atom stereocenters. The molecule has 1 amide bonds. The Balaban J connectivity index is 2.03. The zero-order chi connectivity index (χ0) is 15.5. The van der Waals surface area contributed by atoms with E-state index >= 15 is 0 Å². The van der Waals surface area contributed by atoms with Crippen molar-refractivity contribution in [1.82, 2.24) is 10.6 Å². The first-order valence-corrected chi connectivity index (χ1v) is 8.10. The third kappa shape index (κ3) is 3.46. The molecule has 0 aliphatic carbocycles. The molecule has 1 aliphatic rings. The van der Waals surface area contributed by atoms with E-state index in [2.05, 4.69) is 62.6 Å². The molecule has 1 aromatic carbocycles. The quantitative estimate of drug-likeness (QED) is 0.872. The number of carbonyl (C=O) groups excluding carboxylic acids is 1. The van der Waals surface area contributed by atoms with Crippen LogP contribution in [0.4, 0.5) is 0 Å². The zero-order valence-electron chi connectivity index (χ0n) is 13.7. The molecule has 1 aliphatic heterocycles. The van der Waals surface area contributed by atoms with Crippen molar-refractivity contribution in [3.05, 3.63) is 35.4 Å². The normalized spacial score (nSPS) is 23.3. The first kappa shape index (κ1) is 16.0. The molecule has 1 saturated heterocycles. The fourth-order valence-corrected chi connectivity index (χ4v) is 3.00. The van der Waals surface area contributed by atoms with Crippen molar-refractivity contribution in [2.75, 3.05) is 13.1 Å². The molecule has 0 radical (unpaired) electrons. The first-order valence-electron chi connectivity index (χ1n) is 8.10. The third-order valence-corrected chi connectivity index (χ3v) is 4.85. The molecule has 2 N–H and O–H groups in total. The SMILES string of the molecule is CCC1(C(=O)NC(C)c2ccc(C(C)C)cc2)CCNC1. The van der Waals surface area contributed by atoms with Crippen LogP contribution >= 0.6 is 0 Å². The lowest BCUT2D eigenvalue weighted by molar-refractivity contribution is -0.131. The van der Waals surface area contributed by atoms with Crippen LogP contribution in [0.1, 0.15) is 63.6 Å². The summed E-state index contributed by atoms with van der Waals surface area (Å²) < 4.78 is 0. The second kappa shape index (κ2) is 6.61. The van der Waals surface area contributed by atoms with E-state index in [1.54, 1.807) is 0 Å². The topological polar surface area (TPSA) is 41.1 Å². The average Bonchev–Trinajstić information content (AvgIpc) is 2.97. The third-order valence-electron chi connectivity index (χ3n) is 4.85. The Morgan fingerprint density at radius 3 is 2.33 bits per heavy atom. The molecule has 1 fully saturated rings. The number of hydrogen-bond acceptors (Lipinski definition) is 2. The van der Waals surface area contributed by atoms with Gasteiger partial charge in [0, 0.05) is 6.54 Å². The van der Waals surface area contributed by atoms with Gasteiger partial charge in [-0.3, -0.25) is 4.79 Å². The summed E-state index contributed by atoms with van der Waals surface area (Å²) in [4.78, 5) is 12.6. The van der Waals surface area contributed by atoms with Gasteiger partial charge in [-0.2, -0.15) is 0 Å². The number of rotatable bonds is 5. The van der Waals surface area contributed by atoms with Gasteiger partial charge >= 0.3 is 0 Å². The Hall–Kier alpha value is -1.35. The molecule has 21 heavy (non-hydrogen) atoms. The van der Waals surface area contributed by atoms with Crippen LogP contribution in [0.3, 0.4) is 0 Å². The minimum Gasteiger partial charge on any atom is -0.349 e. The van der Waals surface area contributed by atoms with Crippen molar-refractivity contribution < 1.29 is 4.79 Å². The Kier molecular flexibility index (Phi) is 5.04. The van der Waals surface area contributed by atoms with Crippen molar-refractivity contribution in [2.45, 2.75) is 52.5 Å². The summed E-state index contributed by atoms with van der Waals surface area (Å²) in [5.74, 6) is 0.729. The predicted octanol–water partition coefficient (Wildman–Crippen LogP) is 3.38. The van der Waals surface area contributed by atoms with Crippen LogP contribution in [0.2, 0.25) is 0 Å². The van der Waals surface area contributed by atoms with Crippen LogP contribution in [-0.2, 0) is 4.79 Å². The van der Waals surface area contributed by atoms with Gasteiger partial charge in [0.1, 0.15) is 0 Å². The molecule has 0 aromatic heterocycles. The molecule has 1 heterocycles. The van der Waals surface area contributed by atoms with Gasteiger partial charge in [0.15, 0.2) is 0 Å². The molecular formula is C18H28N2O. The van der Waals surface area contributed by atoms with E-state index in [9.17, 15) is 4.79 Å². The summed E-state index contributed by atoms with van der Waals surface area (Å²) in [7, 11) is 0. The predicted molar refractivity (Wildman–Crippen MR) is 87.3 cm³/mol. The maximum Gasteiger partial charge on any atom is 0.228 e. The molecule has 1 aromatic rings. The summed E-state index contributed by atoms with van der Waals surface area (Å²) >= 11 is 0. The standard InChI is InChI=1S/C18H28N2O/c1-5-18(10-11-19-12-18)17(21)20-14(4)16-8-6-15(7-9-16)13(2)3/h6-9,13-14,19H,5,10-12H2,1-4H3,(H,20,21). The average molecular weight is 288 g/mol. The van der Waals surface area contributed by atoms with Crippen molar-refractivity contribution in [2.24, 2.45) is 5.41 Å². The van der Waals surface area contributed by atoms with Crippen LogP contribution in [0.5, 0.6) is 0 Å². The Morgan fingerprint density at radius 1 is 1.24 bits per heavy atom. The summed E-state index contributed by atoms with van der Waals surface area (Å²) in [6, 6.07) is 8.64. The maximum atomic E-state index is 12.6. The van der Waals surface area contributed by atoms with Crippen molar-refractivity contribution >= 4 is 5.91 Å². The van der Waals surface area contributed by atoms with E-state index in [1.165, 1.54) is 11.1 Å². The van der Waals surface area contributed by atoms with Gasteiger partial charge in [0.2, 0.25) is 5.91 Å². The van der Waals surface area contributed by atoms with Gasteiger partial charge in [-0.25, -0.2) is 0 Å². The van der Waals surface area contributed by atoms with E-state index in [4.69, 9.17) is 0 Å². The monoisotopic (exact) mass is 288 g/mol. The molecule has 2 unspecified atom stereocenters. The van der Waals surface area contributed by atoms with E-state index in [1.807, 2.05) is 0 Å². The van der Waals surface area contributed by atoms with E-state index < -0.39 is 0 Å². The second-order valence-corrected chi connectivity index (χ2v) is 6.58. The molecule has 3 nitrogen and oxygen atoms in total. The molecule has 0 spiro atoms. The fraction of sp³-hybridized carbons (Fsp3) is 0.611. The van der Waals surface area contributed by atoms with E-state index in [0.717, 1.165) is 25.9 Å². The van der Waals surface area contributed by atoms with Crippen LogP contribution < -0.4 is 10.6 Å². The first-order chi connectivity index (χ1) is 9.98. The molecular weight excluding hydrogens is 260 g/mol. The van der Waals surface area contributed by atoms with Gasteiger partial charge in [0.25, 0.3) is 0 Å². The number of benzene rings is 1. The van der Waals surface area contributed by atoms with Gasteiger partial charge in [0.05, 0.1) is 11.5 Å². The van der Waals surface area contributed by atoms with Crippen LogP contribution in [-0.4, -0.2) is 19.0 Å². The van der Waals surface area contributed by atoms with Gasteiger partial charge in [-0.15, -0.1) is 0 Å². The fourth-order valence-electron chi connectivity index (χ4n) is 3.00. The lowest BCUT2D eigenvalue weighted by Crippen LogP contribution is -2.43. The van der Waals surface area contributed by atoms with Crippen LogP contribution in [0.15, 0.2) is 24.3 Å². The molecule has 116 valence electrons. The molecule has 2 rings (SSSR count).